The highest BCUT2D eigenvalue weighted by Gasteiger charge is 2.14. The van der Waals surface area contributed by atoms with Crippen molar-refractivity contribution in [2.75, 3.05) is 0 Å². The fourth-order valence-corrected chi connectivity index (χ4v) is 2.01. The minimum Gasteiger partial charge on any atom is -0.478 e. The number of hydrogen-bond acceptors (Lipinski definition) is 4. The molecular weight excluding hydrogens is 274 g/mol. The van der Waals surface area contributed by atoms with Crippen LogP contribution in [-0.4, -0.2) is 26.8 Å². The van der Waals surface area contributed by atoms with Gasteiger partial charge in [-0.1, -0.05) is 0 Å². The van der Waals surface area contributed by atoms with E-state index in [9.17, 15) is 9.59 Å². The van der Waals surface area contributed by atoms with E-state index < -0.39 is 5.97 Å². The highest BCUT2D eigenvalue weighted by atomic mass is 16.4. The first-order valence-corrected chi connectivity index (χ1v) is 6.53. The Kier molecular flexibility index (Phi) is 4.42. The second-order valence-corrected chi connectivity index (χ2v) is 4.71. The lowest BCUT2D eigenvalue weighted by molar-refractivity contribution is -0.121. The van der Waals surface area contributed by atoms with E-state index >= 15 is 0 Å². The Balaban J connectivity index is 1.82. The van der Waals surface area contributed by atoms with Gasteiger partial charge in [0.1, 0.15) is 17.1 Å². The number of aromatic nitrogens is 2. The molecule has 0 aromatic carbocycles. The molecule has 21 heavy (non-hydrogen) atoms. The summed E-state index contributed by atoms with van der Waals surface area (Å²) in [6, 6.07) is 3.29. The SMILES string of the molecule is Cc1oc(CNC(=O)CCc2ccnn2C)cc1C(=O)O. The van der Waals surface area contributed by atoms with Gasteiger partial charge < -0.3 is 14.8 Å². The third-order valence-electron chi connectivity index (χ3n) is 3.19. The van der Waals surface area contributed by atoms with Gasteiger partial charge in [-0.15, -0.1) is 0 Å². The average Bonchev–Trinajstić information content (AvgIpc) is 3.00. The van der Waals surface area contributed by atoms with Crippen LogP contribution >= 0.6 is 0 Å². The fourth-order valence-electron chi connectivity index (χ4n) is 2.01. The molecule has 2 aromatic heterocycles. The van der Waals surface area contributed by atoms with E-state index in [1.54, 1.807) is 17.8 Å². The molecule has 0 saturated heterocycles. The number of aryl methyl sites for hydroxylation is 3. The van der Waals surface area contributed by atoms with E-state index in [4.69, 9.17) is 9.52 Å². The molecular formula is C14H17N3O4. The van der Waals surface area contributed by atoms with Crippen LogP contribution in [0.15, 0.2) is 22.7 Å². The number of hydrogen-bond donors (Lipinski definition) is 2. The number of rotatable bonds is 6. The lowest BCUT2D eigenvalue weighted by Crippen LogP contribution is -2.23. The summed E-state index contributed by atoms with van der Waals surface area (Å²) in [6.45, 7) is 1.76. The molecule has 0 radical (unpaired) electrons. The van der Waals surface area contributed by atoms with Crippen LogP contribution in [-0.2, 0) is 24.8 Å². The summed E-state index contributed by atoms with van der Waals surface area (Å²) in [5.41, 5.74) is 1.10. The van der Waals surface area contributed by atoms with Crippen molar-refractivity contribution in [1.82, 2.24) is 15.1 Å². The number of carboxylic acids is 1. The third-order valence-corrected chi connectivity index (χ3v) is 3.19. The summed E-state index contributed by atoms with van der Waals surface area (Å²) in [5.74, 6) is -0.396. The molecule has 0 unspecified atom stereocenters. The van der Waals surface area contributed by atoms with Gasteiger partial charge in [0, 0.05) is 25.4 Å². The fraction of sp³-hybridized carbons (Fsp3) is 0.357. The highest BCUT2D eigenvalue weighted by Crippen LogP contribution is 2.14. The number of nitrogens with one attached hydrogen (secondary N) is 1. The second-order valence-electron chi connectivity index (χ2n) is 4.71. The van der Waals surface area contributed by atoms with Crippen LogP contribution in [0.5, 0.6) is 0 Å². The predicted octanol–water partition coefficient (Wildman–Crippen LogP) is 1.27. The Hall–Kier alpha value is -2.57. The molecule has 2 aromatic rings. The zero-order valence-corrected chi connectivity index (χ0v) is 11.9. The maximum Gasteiger partial charge on any atom is 0.339 e. The van der Waals surface area contributed by atoms with E-state index in [2.05, 4.69) is 10.4 Å². The Bertz CT molecular complexity index is 657. The first-order chi connectivity index (χ1) is 9.97. The van der Waals surface area contributed by atoms with Gasteiger partial charge in [0.05, 0.1) is 6.54 Å². The summed E-state index contributed by atoms with van der Waals surface area (Å²) in [5, 5.41) is 15.7. The predicted molar refractivity (Wildman–Crippen MR) is 73.8 cm³/mol. The molecule has 0 aliphatic heterocycles. The van der Waals surface area contributed by atoms with Crippen molar-refractivity contribution in [3.05, 3.63) is 41.1 Å². The van der Waals surface area contributed by atoms with Crippen molar-refractivity contribution in [2.24, 2.45) is 7.05 Å². The van der Waals surface area contributed by atoms with Crippen LogP contribution in [0.2, 0.25) is 0 Å². The van der Waals surface area contributed by atoms with Gasteiger partial charge in [0.25, 0.3) is 0 Å². The van der Waals surface area contributed by atoms with Gasteiger partial charge in [-0.25, -0.2) is 4.79 Å². The van der Waals surface area contributed by atoms with Gasteiger partial charge >= 0.3 is 5.97 Å². The van der Waals surface area contributed by atoms with E-state index in [-0.39, 0.29) is 18.0 Å². The van der Waals surface area contributed by atoms with E-state index in [0.717, 1.165) is 5.69 Å². The summed E-state index contributed by atoms with van der Waals surface area (Å²) in [7, 11) is 1.83. The third kappa shape index (κ3) is 3.71. The van der Waals surface area contributed by atoms with Crippen LogP contribution < -0.4 is 5.32 Å². The Labute approximate surface area is 121 Å². The van der Waals surface area contributed by atoms with Gasteiger partial charge in [0.15, 0.2) is 0 Å². The molecule has 7 heteroatoms. The number of furan rings is 1. The van der Waals surface area contributed by atoms with E-state index in [1.807, 2.05) is 13.1 Å². The molecule has 0 saturated carbocycles. The lowest BCUT2D eigenvalue weighted by Gasteiger charge is -2.03. The lowest BCUT2D eigenvalue weighted by atomic mass is 10.2. The quantitative estimate of drug-likeness (QED) is 0.835. The molecule has 7 nitrogen and oxygen atoms in total. The normalized spacial score (nSPS) is 10.6. The van der Waals surface area contributed by atoms with Crippen LogP contribution in [0.3, 0.4) is 0 Å². The molecule has 0 atom stereocenters. The standard InChI is InChI=1S/C14H17N3O4/c1-9-12(14(19)20)7-11(21-9)8-15-13(18)4-3-10-5-6-16-17(10)2/h5-7H,3-4,8H2,1-2H3,(H,15,18)(H,19,20). The Morgan fingerprint density at radius 3 is 2.81 bits per heavy atom. The number of amides is 1. The molecule has 0 spiro atoms. The van der Waals surface area contributed by atoms with Crippen LogP contribution in [0, 0.1) is 6.92 Å². The smallest absolute Gasteiger partial charge is 0.339 e. The Morgan fingerprint density at radius 2 is 2.24 bits per heavy atom. The van der Waals surface area contributed by atoms with Crippen molar-refractivity contribution in [1.29, 1.82) is 0 Å². The first-order valence-electron chi connectivity index (χ1n) is 6.53. The zero-order chi connectivity index (χ0) is 15.4. The van der Waals surface area contributed by atoms with Crippen LogP contribution in [0.4, 0.5) is 0 Å². The van der Waals surface area contributed by atoms with E-state index in [1.165, 1.54) is 6.07 Å². The maximum absolute atomic E-state index is 11.7. The molecule has 2 heterocycles. The van der Waals surface area contributed by atoms with Crippen LogP contribution in [0.1, 0.15) is 34.0 Å². The first kappa shape index (κ1) is 14.8. The minimum absolute atomic E-state index is 0.120. The number of carbonyl (C=O) groups is 2. The van der Waals surface area contributed by atoms with E-state index in [0.29, 0.717) is 24.4 Å². The molecule has 2 N–H and O–H groups in total. The summed E-state index contributed by atoms with van der Waals surface area (Å²) in [6.07, 6.45) is 2.62. The topological polar surface area (TPSA) is 97.4 Å². The molecule has 112 valence electrons. The van der Waals surface area contributed by atoms with Crippen molar-refractivity contribution in [3.8, 4) is 0 Å². The summed E-state index contributed by atoms with van der Waals surface area (Å²) in [4.78, 5) is 22.6. The second kappa shape index (κ2) is 6.25. The number of carbonyl (C=O) groups excluding carboxylic acids is 1. The zero-order valence-electron chi connectivity index (χ0n) is 11.9. The molecule has 0 aliphatic carbocycles. The molecule has 0 bridgehead atoms. The molecule has 0 fully saturated rings. The summed E-state index contributed by atoms with van der Waals surface area (Å²) < 4.78 is 7.01. The number of nitrogens with zero attached hydrogens (tertiary/aromatic N) is 2. The van der Waals surface area contributed by atoms with Crippen molar-refractivity contribution in [3.63, 3.8) is 0 Å². The monoisotopic (exact) mass is 291 g/mol. The maximum atomic E-state index is 11.7. The van der Waals surface area contributed by atoms with Gasteiger partial charge in [0.2, 0.25) is 5.91 Å². The van der Waals surface area contributed by atoms with Crippen molar-refractivity contribution in [2.45, 2.75) is 26.3 Å². The van der Waals surface area contributed by atoms with Gasteiger partial charge in [-0.3, -0.25) is 9.48 Å². The minimum atomic E-state index is -1.04. The highest BCUT2D eigenvalue weighted by molar-refractivity contribution is 5.88. The molecule has 2 rings (SSSR count). The Morgan fingerprint density at radius 1 is 1.48 bits per heavy atom. The number of aromatic carboxylic acids is 1. The molecule has 1 amide bonds. The largest absolute Gasteiger partial charge is 0.478 e. The van der Waals surface area contributed by atoms with Gasteiger partial charge in [-0.2, -0.15) is 5.10 Å². The van der Waals surface area contributed by atoms with Crippen molar-refractivity contribution < 1.29 is 19.1 Å². The van der Waals surface area contributed by atoms with Gasteiger partial charge in [-0.05, 0) is 25.5 Å². The van der Waals surface area contributed by atoms with Crippen molar-refractivity contribution >= 4 is 11.9 Å². The number of carboxylic acid groups (broad SMARTS) is 1. The van der Waals surface area contributed by atoms with Crippen LogP contribution in [0.25, 0.3) is 0 Å². The molecule has 0 aliphatic rings. The summed E-state index contributed by atoms with van der Waals surface area (Å²) >= 11 is 0. The average molecular weight is 291 g/mol.